The van der Waals surface area contributed by atoms with Crippen molar-refractivity contribution in [3.63, 3.8) is 0 Å². The van der Waals surface area contributed by atoms with Crippen molar-refractivity contribution in [1.29, 1.82) is 0 Å². The minimum absolute atomic E-state index is 0.265. The monoisotopic (exact) mass is 265 g/mol. The second-order valence-corrected chi connectivity index (χ2v) is 5.31. The Morgan fingerprint density at radius 2 is 1.95 bits per heavy atom. The summed E-state index contributed by atoms with van der Waals surface area (Å²) < 4.78 is 5.11. The number of nitrogens with one attached hydrogen (secondary N) is 1. The van der Waals surface area contributed by atoms with Gasteiger partial charge in [0.05, 0.1) is 5.56 Å². The van der Waals surface area contributed by atoms with E-state index in [1.165, 1.54) is 6.07 Å². The molecule has 0 radical (unpaired) electrons. The summed E-state index contributed by atoms with van der Waals surface area (Å²) in [6.45, 7) is 7.39. The van der Waals surface area contributed by atoms with Crippen LogP contribution < -0.4 is 5.32 Å². The van der Waals surface area contributed by atoms with E-state index >= 15 is 0 Å². The highest BCUT2D eigenvalue weighted by Gasteiger charge is 2.15. The summed E-state index contributed by atoms with van der Waals surface area (Å²) in [5.41, 5.74) is 1.22. The average molecular weight is 265 g/mol. The van der Waals surface area contributed by atoms with E-state index in [0.717, 1.165) is 5.56 Å². The minimum atomic E-state index is -0.954. The number of carbonyl (C=O) groups is 2. The van der Waals surface area contributed by atoms with E-state index in [1.807, 2.05) is 0 Å². The number of hydrogen-bond acceptors (Lipinski definition) is 3. The first-order valence-electron chi connectivity index (χ1n) is 5.99. The summed E-state index contributed by atoms with van der Waals surface area (Å²) in [6, 6.07) is 4.94. The maximum Gasteiger partial charge on any atom is 0.407 e. The fourth-order valence-corrected chi connectivity index (χ4v) is 1.56. The summed E-state index contributed by atoms with van der Waals surface area (Å²) in [5.74, 6) is -0.954. The highest BCUT2D eigenvalue weighted by molar-refractivity contribution is 5.89. The van der Waals surface area contributed by atoms with Gasteiger partial charge in [-0.2, -0.15) is 0 Å². The van der Waals surface area contributed by atoms with Gasteiger partial charge < -0.3 is 15.2 Å². The number of carboxylic acids is 1. The van der Waals surface area contributed by atoms with Crippen LogP contribution in [0.2, 0.25) is 0 Å². The Morgan fingerprint density at radius 3 is 2.42 bits per heavy atom. The molecule has 1 amide bonds. The zero-order chi connectivity index (χ0) is 14.6. The van der Waals surface area contributed by atoms with Crippen molar-refractivity contribution < 1.29 is 19.4 Å². The van der Waals surface area contributed by atoms with Gasteiger partial charge in [0.1, 0.15) is 5.60 Å². The van der Waals surface area contributed by atoms with Gasteiger partial charge in [-0.3, -0.25) is 0 Å². The van der Waals surface area contributed by atoms with E-state index in [2.05, 4.69) is 5.32 Å². The maximum absolute atomic E-state index is 11.5. The number of aryl methyl sites for hydroxylation is 1. The van der Waals surface area contributed by atoms with Gasteiger partial charge in [-0.05, 0) is 44.9 Å². The topological polar surface area (TPSA) is 75.6 Å². The Hall–Kier alpha value is -2.04. The predicted octanol–water partition coefficient (Wildman–Crippen LogP) is 2.72. The third kappa shape index (κ3) is 4.99. The lowest BCUT2D eigenvalue weighted by Crippen LogP contribution is -2.32. The first kappa shape index (κ1) is 15.0. The molecule has 0 aliphatic heterocycles. The number of carbonyl (C=O) groups excluding carboxylic acids is 1. The molecular weight excluding hydrogens is 246 g/mol. The molecule has 5 nitrogen and oxygen atoms in total. The fourth-order valence-electron chi connectivity index (χ4n) is 1.56. The molecule has 1 aromatic carbocycles. The van der Waals surface area contributed by atoms with Crippen LogP contribution in [0.15, 0.2) is 18.2 Å². The molecule has 0 saturated heterocycles. The summed E-state index contributed by atoms with van der Waals surface area (Å²) >= 11 is 0. The van der Waals surface area contributed by atoms with E-state index in [-0.39, 0.29) is 5.56 Å². The zero-order valence-electron chi connectivity index (χ0n) is 11.6. The van der Waals surface area contributed by atoms with Crippen molar-refractivity contribution in [2.24, 2.45) is 0 Å². The van der Waals surface area contributed by atoms with Crippen molar-refractivity contribution in [2.75, 3.05) is 0 Å². The number of carboxylic acid groups (broad SMARTS) is 1. The largest absolute Gasteiger partial charge is 0.478 e. The lowest BCUT2D eigenvalue weighted by atomic mass is 10.1. The lowest BCUT2D eigenvalue weighted by molar-refractivity contribution is 0.0522. The van der Waals surface area contributed by atoms with Crippen LogP contribution in [0.1, 0.15) is 42.3 Å². The summed E-state index contributed by atoms with van der Waals surface area (Å²) in [4.78, 5) is 22.3. The minimum Gasteiger partial charge on any atom is -0.478 e. The van der Waals surface area contributed by atoms with E-state index in [0.29, 0.717) is 12.1 Å². The molecule has 0 saturated carbocycles. The van der Waals surface area contributed by atoms with E-state index in [1.54, 1.807) is 39.8 Å². The molecule has 19 heavy (non-hydrogen) atoms. The fraction of sp³-hybridized carbons (Fsp3) is 0.429. The highest BCUT2D eigenvalue weighted by atomic mass is 16.6. The second kappa shape index (κ2) is 5.73. The van der Waals surface area contributed by atoms with Gasteiger partial charge in [0, 0.05) is 6.54 Å². The summed E-state index contributed by atoms with van der Waals surface area (Å²) in [7, 11) is 0. The van der Waals surface area contributed by atoms with Crippen molar-refractivity contribution >= 4 is 12.1 Å². The van der Waals surface area contributed by atoms with Crippen LogP contribution in [0.5, 0.6) is 0 Å². The van der Waals surface area contributed by atoms with Crippen LogP contribution in [-0.2, 0) is 11.3 Å². The number of aromatic carboxylic acids is 1. The lowest BCUT2D eigenvalue weighted by Gasteiger charge is -2.19. The number of ether oxygens (including phenoxy) is 1. The molecule has 0 heterocycles. The van der Waals surface area contributed by atoms with E-state index < -0.39 is 17.7 Å². The highest BCUT2D eigenvalue weighted by Crippen LogP contribution is 2.12. The van der Waals surface area contributed by atoms with Gasteiger partial charge in [0.2, 0.25) is 0 Å². The Morgan fingerprint density at radius 1 is 1.32 bits per heavy atom. The molecule has 5 heteroatoms. The van der Waals surface area contributed by atoms with Crippen LogP contribution in [0.3, 0.4) is 0 Å². The van der Waals surface area contributed by atoms with E-state index in [9.17, 15) is 9.59 Å². The molecule has 2 N–H and O–H groups in total. The molecule has 0 bridgehead atoms. The first-order valence-corrected chi connectivity index (χ1v) is 5.99. The van der Waals surface area contributed by atoms with Gasteiger partial charge in [-0.15, -0.1) is 0 Å². The second-order valence-electron chi connectivity index (χ2n) is 5.31. The van der Waals surface area contributed by atoms with Crippen LogP contribution in [0.4, 0.5) is 4.79 Å². The van der Waals surface area contributed by atoms with Crippen molar-refractivity contribution in [3.8, 4) is 0 Å². The average Bonchev–Trinajstić information content (AvgIpc) is 2.23. The van der Waals surface area contributed by atoms with Gasteiger partial charge in [-0.25, -0.2) is 9.59 Å². The number of hydrogen-bond donors (Lipinski definition) is 2. The van der Waals surface area contributed by atoms with E-state index in [4.69, 9.17) is 9.84 Å². The molecule has 0 aromatic heterocycles. The summed E-state index contributed by atoms with van der Waals surface area (Å²) in [5, 5.41) is 11.5. The zero-order valence-corrected chi connectivity index (χ0v) is 11.6. The van der Waals surface area contributed by atoms with Gasteiger partial charge >= 0.3 is 12.1 Å². The molecule has 1 rings (SSSR count). The number of benzene rings is 1. The van der Waals surface area contributed by atoms with Crippen molar-refractivity contribution in [2.45, 2.75) is 39.8 Å². The van der Waals surface area contributed by atoms with Crippen molar-refractivity contribution in [3.05, 3.63) is 34.9 Å². The third-order valence-electron chi connectivity index (χ3n) is 2.36. The molecule has 0 fully saturated rings. The molecule has 0 spiro atoms. The molecule has 0 aliphatic rings. The standard InChI is InChI=1S/C14H19NO4/c1-9-7-10(5-6-11(9)12(16)17)8-15-13(18)19-14(2,3)4/h5-7H,8H2,1-4H3,(H,15,18)(H,16,17). The number of rotatable bonds is 3. The third-order valence-corrected chi connectivity index (χ3v) is 2.36. The summed E-state index contributed by atoms with van der Waals surface area (Å²) in [6.07, 6.45) is -0.493. The Bertz CT molecular complexity index is 489. The molecular formula is C14H19NO4. The SMILES string of the molecule is Cc1cc(CNC(=O)OC(C)(C)C)ccc1C(=O)O. The molecule has 1 aromatic rings. The smallest absolute Gasteiger partial charge is 0.407 e. The number of alkyl carbamates (subject to hydrolysis) is 1. The predicted molar refractivity (Wildman–Crippen MR) is 71.2 cm³/mol. The molecule has 0 aliphatic carbocycles. The normalized spacial score (nSPS) is 10.9. The first-order chi connectivity index (χ1) is 8.69. The van der Waals surface area contributed by atoms with Crippen LogP contribution in [0, 0.1) is 6.92 Å². The molecule has 0 unspecified atom stereocenters. The quantitative estimate of drug-likeness (QED) is 0.881. The van der Waals surface area contributed by atoms with Gasteiger partial charge in [-0.1, -0.05) is 12.1 Å². The van der Waals surface area contributed by atoms with Crippen LogP contribution >= 0.6 is 0 Å². The Labute approximate surface area is 112 Å². The van der Waals surface area contributed by atoms with Gasteiger partial charge in [0.25, 0.3) is 0 Å². The van der Waals surface area contributed by atoms with Crippen LogP contribution in [-0.4, -0.2) is 22.8 Å². The van der Waals surface area contributed by atoms with Crippen molar-refractivity contribution in [1.82, 2.24) is 5.32 Å². The molecule has 104 valence electrons. The maximum atomic E-state index is 11.5. The Balaban J connectivity index is 2.62. The van der Waals surface area contributed by atoms with Gasteiger partial charge in [0.15, 0.2) is 0 Å². The Kier molecular flexibility index (Phi) is 4.53. The number of amides is 1. The van der Waals surface area contributed by atoms with Crippen LogP contribution in [0.25, 0.3) is 0 Å². The molecule has 0 atom stereocenters.